The van der Waals surface area contributed by atoms with E-state index < -0.39 is 9.84 Å². The number of sulfone groups is 1. The van der Waals surface area contributed by atoms with Gasteiger partial charge < -0.3 is 5.32 Å². The normalized spacial score (nSPS) is 11.4. The molecule has 1 heterocycles. The number of thioether (sulfide) groups is 1. The van der Waals surface area contributed by atoms with Crippen LogP contribution in [0.4, 0.5) is 5.69 Å². The lowest BCUT2D eigenvalue weighted by Crippen LogP contribution is -2.15. The molecule has 0 aliphatic heterocycles. The van der Waals surface area contributed by atoms with Gasteiger partial charge in [-0.1, -0.05) is 71.4 Å². The van der Waals surface area contributed by atoms with Gasteiger partial charge in [-0.05, 0) is 42.5 Å². The Kier molecular flexibility index (Phi) is 7.57. The van der Waals surface area contributed by atoms with Crippen LogP contribution in [0, 0.1) is 0 Å². The molecule has 0 radical (unpaired) electrons. The summed E-state index contributed by atoms with van der Waals surface area (Å²) in [7, 11) is -3.65. The van der Waals surface area contributed by atoms with E-state index in [0.29, 0.717) is 26.6 Å². The van der Waals surface area contributed by atoms with Crippen molar-refractivity contribution in [3.05, 3.63) is 94.7 Å². The minimum atomic E-state index is -3.65. The highest BCUT2D eigenvalue weighted by molar-refractivity contribution is 7.99. The first-order valence-corrected chi connectivity index (χ1v) is 13.4. The number of halogens is 2. The molecule has 4 aromatic rings. The van der Waals surface area contributed by atoms with Crippen molar-refractivity contribution in [3.63, 3.8) is 0 Å². The van der Waals surface area contributed by atoms with Gasteiger partial charge in [0, 0.05) is 11.4 Å². The predicted octanol–water partition coefficient (Wildman–Crippen LogP) is 5.28. The molecule has 3 aromatic carbocycles. The number of anilines is 1. The summed E-state index contributed by atoms with van der Waals surface area (Å²) in [5, 5.41) is 12.2. The molecule has 1 amide bonds. The number of hydrogen-bond donors (Lipinski definition) is 1. The average molecular weight is 533 g/mol. The van der Waals surface area contributed by atoms with Crippen molar-refractivity contribution in [3.8, 4) is 5.69 Å². The van der Waals surface area contributed by atoms with Crippen molar-refractivity contribution in [1.29, 1.82) is 0 Å². The fourth-order valence-electron chi connectivity index (χ4n) is 3.11. The number of aromatic nitrogens is 3. The van der Waals surface area contributed by atoms with Gasteiger partial charge in [-0.2, -0.15) is 0 Å². The summed E-state index contributed by atoms with van der Waals surface area (Å²) < 4.78 is 27.5. The van der Waals surface area contributed by atoms with E-state index in [-0.39, 0.29) is 28.1 Å². The van der Waals surface area contributed by atoms with Crippen molar-refractivity contribution < 1.29 is 13.2 Å². The van der Waals surface area contributed by atoms with Gasteiger partial charge in [0.05, 0.1) is 20.7 Å². The predicted molar refractivity (Wildman–Crippen MR) is 135 cm³/mol. The Labute approximate surface area is 211 Å². The molecule has 34 heavy (non-hydrogen) atoms. The molecule has 0 aliphatic carbocycles. The van der Waals surface area contributed by atoms with Gasteiger partial charge in [0.25, 0.3) is 0 Å². The molecule has 0 aliphatic rings. The van der Waals surface area contributed by atoms with Gasteiger partial charge in [-0.25, -0.2) is 8.42 Å². The third-order valence-corrected chi connectivity index (χ3v) is 7.97. The van der Waals surface area contributed by atoms with Crippen molar-refractivity contribution in [2.75, 3.05) is 11.1 Å². The van der Waals surface area contributed by atoms with E-state index in [1.165, 1.54) is 0 Å². The quantitative estimate of drug-likeness (QED) is 0.310. The van der Waals surface area contributed by atoms with Crippen LogP contribution >= 0.6 is 35.0 Å². The van der Waals surface area contributed by atoms with E-state index in [4.69, 9.17) is 23.2 Å². The highest BCUT2D eigenvalue weighted by Crippen LogP contribution is 2.27. The van der Waals surface area contributed by atoms with E-state index in [9.17, 15) is 13.2 Å². The Morgan fingerprint density at radius 2 is 1.59 bits per heavy atom. The summed E-state index contributed by atoms with van der Waals surface area (Å²) in [6, 6.07) is 22.1. The first-order chi connectivity index (χ1) is 16.3. The van der Waals surface area contributed by atoms with Crippen LogP contribution in [-0.4, -0.2) is 34.8 Å². The lowest BCUT2D eigenvalue weighted by atomic mass is 10.3. The Hall–Kier alpha value is -2.85. The number of amides is 1. The second-order valence-electron chi connectivity index (χ2n) is 7.11. The smallest absolute Gasteiger partial charge is 0.234 e. The van der Waals surface area contributed by atoms with E-state index in [1.807, 2.05) is 30.3 Å². The van der Waals surface area contributed by atoms with Crippen LogP contribution in [0.1, 0.15) is 5.82 Å². The summed E-state index contributed by atoms with van der Waals surface area (Å²) in [6.07, 6.45) is 0. The molecule has 0 spiro atoms. The fraction of sp³-hybridized carbons (Fsp3) is 0.0870. The molecule has 7 nitrogen and oxygen atoms in total. The van der Waals surface area contributed by atoms with Crippen LogP contribution in [0.25, 0.3) is 5.69 Å². The van der Waals surface area contributed by atoms with Crippen molar-refractivity contribution in [2.45, 2.75) is 15.8 Å². The van der Waals surface area contributed by atoms with Crippen molar-refractivity contribution >= 4 is 56.4 Å². The van der Waals surface area contributed by atoms with Gasteiger partial charge in [0.1, 0.15) is 5.75 Å². The highest BCUT2D eigenvalue weighted by atomic mass is 35.5. The summed E-state index contributed by atoms with van der Waals surface area (Å²) in [6.45, 7) is 0. The molecule has 1 aromatic heterocycles. The molecule has 11 heteroatoms. The molecular formula is C23H18Cl2N4O3S2. The number of hydrogen-bond acceptors (Lipinski definition) is 6. The van der Waals surface area contributed by atoms with E-state index in [1.54, 1.807) is 53.1 Å². The van der Waals surface area contributed by atoms with Crippen molar-refractivity contribution in [2.24, 2.45) is 0 Å². The monoisotopic (exact) mass is 532 g/mol. The molecular weight excluding hydrogens is 515 g/mol. The third kappa shape index (κ3) is 5.79. The van der Waals surface area contributed by atoms with Gasteiger partial charge in [-0.3, -0.25) is 9.36 Å². The molecule has 1 N–H and O–H groups in total. The standard InChI is InChI=1S/C23H18Cl2N4O3S2/c24-19-12-11-16(13-20(19)25)26-22(30)14-33-23-28-27-21(29(23)17-7-3-1-4-8-17)15-34(31,32)18-9-5-2-6-10-18/h1-13H,14-15H2,(H,26,30). The number of nitrogens with zero attached hydrogens (tertiary/aromatic N) is 3. The Bertz CT molecular complexity index is 1410. The summed E-state index contributed by atoms with van der Waals surface area (Å²) in [4.78, 5) is 12.7. The summed E-state index contributed by atoms with van der Waals surface area (Å²) in [5.74, 6) is -0.349. The lowest BCUT2D eigenvalue weighted by Gasteiger charge is -2.11. The van der Waals surface area contributed by atoms with Crippen LogP contribution in [0.3, 0.4) is 0 Å². The first-order valence-electron chi connectivity index (χ1n) is 9.99. The van der Waals surface area contributed by atoms with E-state index in [2.05, 4.69) is 15.5 Å². The minimum Gasteiger partial charge on any atom is -0.325 e. The van der Waals surface area contributed by atoms with Crippen molar-refractivity contribution in [1.82, 2.24) is 14.8 Å². The summed E-state index contributed by atoms with van der Waals surface area (Å²) in [5.41, 5.74) is 1.21. The molecule has 4 rings (SSSR count). The van der Waals surface area contributed by atoms with Crippen LogP contribution in [0.2, 0.25) is 10.0 Å². The molecule has 0 saturated carbocycles. The second-order valence-corrected chi connectivity index (χ2v) is 10.9. The van der Waals surface area contributed by atoms with E-state index >= 15 is 0 Å². The lowest BCUT2D eigenvalue weighted by molar-refractivity contribution is -0.113. The molecule has 0 fully saturated rings. The Morgan fingerprint density at radius 3 is 2.26 bits per heavy atom. The first kappa shape index (κ1) is 24.3. The molecule has 0 saturated heterocycles. The van der Waals surface area contributed by atoms with Gasteiger partial charge in [-0.15, -0.1) is 10.2 Å². The Morgan fingerprint density at radius 1 is 0.912 bits per heavy atom. The van der Waals surface area contributed by atoms with Crippen LogP contribution < -0.4 is 5.32 Å². The van der Waals surface area contributed by atoms with Crippen LogP contribution in [0.5, 0.6) is 0 Å². The van der Waals surface area contributed by atoms with Gasteiger partial charge in [0.15, 0.2) is 20.8 Å². The zero-order valence-electron chi connectivity index (χ0n) is 17.6. The number of benzene rings is 3. The zero-order chi connectivity index (χ0) is 24.1. The maximum atomic E-state index is 12.9. The van der Waals surface area contributed by atoms with Crippen LogP contribution in [0.15, 0.2) is 88.9 Å². The summed E-state index contributed by atoms with van der Waals surface area (Å²) >= 11 is 13.1. The van der Waals surface area contributed by atoms with E-state index in [0.717, 1.165) is 11.8 Å². The Balaban J connectivity index is 1.56. The SMILES string of the molecule is O=C(CSc1nnc(CS(=O)(=O)c2ccccc2)n1-c1ccccc1)Nc1ccc(Cl)c(Cl)c1. The largest absolute Gasteiger partial charge is 0.325 e. The number of carbonyl (C=O) groups is 1. The second kappa shape index (κ2) is 10.6. The number of rotatable bonds is 8. The fourth-order valence-corrected chi connectivity index (χ4v) is 5.44. The van der Waals surface area contributed by atoms with Crippen LogP contribution in [-0.2, 0) is 20.4 Å². The molecule has 0 unspecified atom stereocenters. The minimum absolute atomic E-state index is 0.0245. The molecule has 174 valence electrons. The maximum absolute atomic E-state index is 12.9. The third-order valence-electron chi connectivity index (χ3n) is 4.67. The number of carbonyl (C=O) groups excluding carboxylic acids is 1. The maximum Gasteiger partial charge on any atom is 0.234 e. The van der Waals surface area contributed by atoms with Gasteiger partial charge >= 0.3 is 0 Å². The molecule has 0 atom stereocenters. The molecule has 0 bridgehead atoms. The highest BCUT2D eigenvalue weighted by Gasteiger charge is 2.23. The average Bonchev–Trinajstić information content (AvgIpc) is 3.23. The number of nitrogens with one attached hydrogen (secondary N) is 1. The van der Waals surface area contributed by atoms with Gasteiger partial charge in [0.2, 0.25) is 5.91 Å². The zero-order valence-corrected chi connectivity index (χ0v) is 20.7. The number of para-hydroxylation sites is 1. The topological polar surface area (TPSA) is 94.0 Å².